The summed E-state index contributed by atoms with van der Waals surface area (Å²) >= 11 is 12.7. The summed E-state index contributed by atoms with van der Waals surface area (Å²) in [4.78, 5) is 4.40. The summed E-state index contributed by atoms with van der Waals surface area (Å²) in [6.07, 6.45) is 0. The quantitative estimate of drug-likeness (QED) is 0.622. The van der Waals surface area contributed by atoms with E-state index in [-0.39, 0.29) is 11.4 Å². The van der Waals surface area contributed by atoms with Gasteiger partial charge in [0.15, 0.2) is 0 Å². The standard InChI is InChI=1S/C20H15Cl2N3/c1-11-6-7-13(8-12(11)2)18-9-14(15(10-23)20(24)25-18)19-16(21)4-3-5-17(19)22/h3-9H,1-2H3,(H2,24,25). The smallest absolute Gasteiger partial charge is 0.142 e. The zero-order valence-electron chi connectivity index (χ0n) is 13.8. The predicted octanol–water partition coefficient (Wildman–Crippen LogP) is 5.79. The molecule has 0 aliphatic heterocycles. The number of nitrogens with two attached hydrogens (primary N) is 1. The summed E-state index contributed by atoms with van der Waals surface area (Å²) in [5.41, 5.74) is 11.4. The Morgan fingerprint density at radius 3 is 2.28 bits per heavy atom. The van der Waals surface area contributed by atoms with Crippen molar-refractivity contribution < 1.29 is 0 Å². The molecule has 124 valence electrons. The normalized spacial score (nSPS) is 10.5. The van der Waals surface area contributed by atoms with Crippen LogP contribution in [0.1, 0.15) is 16.7 Å². The molecule has 0 bridgehead atoms. The van der Waals surface area contributed by atoms with Crippen molar-refractivity contribution in [2.45, 2.75) is 13.8 Å². The number of nitrogen functional groups attached to an aromatic ring is 1. The van der Waals surface area contributed by atoms with E-state index in [4.69, 9.17) is 28.9 Å². The molecule has 0 aliphatic rings. The number of aryl methyl sites for hydroxylation is 2. The van der Waals surface area contributed by atoms with Crippen LogP contribution in [0.3, 0.4) is 0 Å². The van der Waals surface area contributed by atoms with Gasteiger partial charge in [-0.25, -0.2) is 4.98 Å². The van der Waals surface area contributed by atoms with Crippen LogP contribution < -0.4 is 5.73 Å². The van der Waals surface area contributed by atoms with E-state index in [2.05, 4.69) is 18.0 Å². The van der Waals surface area contributed by atoms with Gasteiger partial charge in [0.1, 0.15) is 17.5 Å². The van der Waals surface area contributed by atoms with Gasteiger partial charge >= 0.3 is 0 Å². The van der Waals surface area contributed by atoms with E-state index in [1.165, 1.54) is 5.56 Å². The molecule has 0 unspecified atom stereocenters. The summed E-state index contributed by atoms with van der Waals surface area (Å²) in [5.74, 6) is 0.157. The van der Waals surface area contributed by atoms with Crippen LogP contribution in [0.15, 0.2) is 42.5 Å². The van der Waals surface area contributed by atoms with E-state index in [1.807, 2.05) is 31.2 Å². The number of hydrogen-bond acceptors (Lipinski definition) is 3. The Balaban J connectivity index is 2.30. The number of hydrogen-bond donors (Lipinski definition) is 1. The molecule has 0 spiro atoms. The number of anilines is 1. The van der Waals surface area contributed by atoms with Gasteiger partial charge in [0.2, 0.25) is 0 Å². The van der Waals surface area contributed by atoms with Gasteiger partial charge in [-0.2, -0.15) is 5.26 Å². The fourth-order valence-electron chi connectivity index (χ4n) is 2.68. The summed E-state index contributed by atoms with van der Waals surface area (Å²) in [5, 5.41) is 10.4. The molecule has 1 aromatic heterocycles. The third kappa shape index (κ3) is 3.19. The molecule has 0 fully saturated rings. The van der Waals surface area contributed by atoms with Crippen molar-refractivity contribution in [3.05, 3.63) is 69.2 Å². The summed E-state index contributed by atoms with van der Waals surface area (Å²) in [6, 6.07) is 15.2. The van der Waals surface area contributed by atoms with Crippen LogP contribution in [0.2, 0.25) is 10.0 Å². The minimum Gasteiger partial charge on any atom is -0.383 e. The number of halogens is 2. The van der Waals surface area contributed by atoms with Crippen molar-refractivity contribution >= 4 is 29.0 Å². The fraction of sp³-hybridized carbons (Fsp3) is 0.100. The first-order valence-corrected chi connectivity index (χ1v) is 8.40. The minimum atomic E-state index is 0.157. The minimum absolute atomic E-state index is 0.157. The molecule has 2 N–H and O–H groups in total. The highest BCUT2D eigenvalue weighted by atomic mass is 35.5. The highest BCUT2D eigenvalue weighted by molar-refractivity contribution is 6.39. The maximum atomic E-state index is 9.53. The third-order valence-electron chi connectivity index (χ3n) is 4.19. The highest BCUT2D eigenvalue weighted by Crippen LogP contribution is 2.39. The first kappa shape index (κ1) is 17.3. The van der Waals surface area contributed by atoms with E-state index in [9.17, 15) is 5.26 Å². The summed E-state index contributed by atoms with van der Waals surface area (Å²) in [6.45, 7) is 4.09. The second kappa shape index (κ2) is 6.76. The Labute approximate surface area is 156 Å². The van der Waals surface area contributed by atoms with Crippen molar-refractivity contribution in [3.8, 4) is 28.5 Å². The monoisotopic (exact) mass is 367 g/mol. The highest BCUT2D eigenvalue weighted by Gasteiger charge is 2.18. The molecule has 3 aromatic rings. The Hall–Kier alpha value is -2.54. The molecule has 3 nitrogen and oxygen atoms in total. The molecule has 25 heavy (non-hydrogen) atoms. The van der Waals surface area contributed by atoms with E-state index in [0.29, 0.717) is 26.9 Å². The lowest BCUT2D eigenvalue weighted by atomic mass is 9.97. The van der Waals surface area contributed by atoms with Gasteiger partial charge in [-0.05, 0) is 49.2 Å². The maximum Gasteiger partial charge on any atom is 0.142 e. The summed E-state index contributed by atoms with van der Waals surface area (Å²) in [7, 11) is 0. The molecule has 1 heterocycles. The van der Waals surface area contributed by atoms with E-state index in [0.717, 1.165) is 11.1 Å². The van der Waals surface area contributed by atoms with Crippen molar-refractivity contribution in [3.63, 3.8) is 0 Å². The average molecular weight is 368 g/mol. The Morgan fingerprint density at radius 2 is 1.68 bits per heavy atom. The second-order valence-corrected chi connectivity index (χ2v) is 6.64. The van der Waals surface area contributed by atoms with E-state index in [1.54, 1.807) is 18.2 Å². The number of nitriles is 1. The van der Waals surface area contributed by atoms with Crippen molar-refractivity contribution in [2.75, 3.05) is 5.73 Å². The lowest BCUT2D eigenvalue weighted by molar-refractivity contribution is 1.29. The van der Waals surface area contributed by atoms with Crippen LogP contribution in [0.5, 0.6) is 0 Å². The van der Waals surface area contributed by atoms with Crippen LogP contribution >= 0.6 is 23.2 Å². The van der Waals surface area contributed by atoms with E-state index >= 15 is 0 Å². The largest absolute Gasteiger partial charge is 0.383 e. The van der Waals surface area contributed by atoms with Crippen LogP contribution in [-0.2, 0) is 0 Å². The molecule has 3 rings (SSSR count). The van der Waals surface area contributed by atoms with Crippen LogP contribution in [0.4, 0.5) is 5.82 Å². The first-order chi connectivity index (χ1) is 11.9. The molecular formula is C20H15Cl2N3. The SMILES string of the molecule is Cc1ccc(-c2cc(-c3c(Cl)cccc3Cl)c(C#N)c(N)n2)cc1C. The lowest BCUT2D eigenvalue weighted by Gasteiger charge is -2.13. The molecule has 0 aliphatic carbocycles. The molecule has 5 heteroatoms. The van der Waals surface area contributed by atoms with Crippen LogP contribution in [-0.4, -0.2) is 4.98 Å². The van der Waals surface area contributed by atoms with Crippen molar-refractivity contribution in [1.29, 1.82) is 5.26 Å². The molecule has 0 radical (unpaired) electrons. The van der Waals surface area contributed by atoms with Crippen molar-refractivity contribution in [2.24, 2.45) is 0 Å². The molecular weight excluding hydrogens is 353 g/mol. The van der Waals surface area contributed by atoms with Gasteiger partial charge in [0, 0.05) is 26.7 Å². The molecule has 2 aromatic carbocycles. The molecule has 0 saturated heterocycles. The van der Waals surface area contributed by atoms with Gasteiger partial charge < -0.3 is 5.73 Å². The Morgan fingerprint density at radius 1 is 1.00 bits per heavy atom. The number of benzene rings is 2. The van der Waals surface area contributed by atoms with Gasteiger partial charge in [-0.15, -0.1) is 0 Å². The number of nitrogens with zero attached hydrogens (tertiary/aromatic N) is 2. The van der Waals surface area contributed by atoms with Crippen molar-refractivity contribution in [1.82, 2.24) is 4.98 Å². The molecule has 0 amide bonds. The fourth-order valence-corrected chi connectivity index (χ4v) is 3.28. The van der Waals surface area contributed by atoms with Gasteiger partial charge in [0.05, 0.1) is 5.69 Å². The Kier molecular flexibility index (Phi) is 4.67. The van der Waals surface area contributed by atoms with Gasteiger partial charge in [-0.3, -0.25) is 0 Å². The second-order valence-electron chi connectivity index (χ2n) is 5.82. The van der Waals surface area contributed by atoms with Crippen LogP contribution in [0.25, 0.3) is 22.4 Å². The first-order valence-electron chi connectivity index (χ1n) is 7.65. The van der Waals surface area contributed by atoms with Gasteiger partial charge in [0.25, 0.3) is 0 Å². The zero-order chi connectivity index (χ0) is 18.1. The zero-order valence-corrected chi connectivity index (χ0v) is 15.3. The average Bonchev–Trinajstić information content (AvgIpc) is 2.57. The summed E-state index contributed by atoms with van der Waals surface area (Å²) < 4.78 is 0. The molecule has 0 saturated carbocycles. The number of pyridine rings is 1. The molecule has 0 atom stereocenters. The van der Waals surface area contributed by atoms with E-state index < -0.39 is 0 Å². The Bertz CT molecular complexity index is 1000. The van der Waals surface area contributed by atoms with Gasteiger partial charge in [-0.1, -0.05) is 41.4 Å². The topological polar surface area (TPSA) is 62.7 Å². The number of aromatic nitrogens is 1. The predicted molar refractivity (Wildman–Crippen MR) is 104 cm³/mol. The maximum absolute atomic E-state index is 9.53. The number of rotatable bonds is 2. The third-order valence-corrected chi connectivity index (χ3v) is 4.82. The lowest BCUT2D eigenvalue weighted by Crippen LogP contribution is -2.00. The van der Waals surface area contributed by atoms with Crippen LogP contribution in [0, 0.1) is 25.2 Å².